The summed E-state index contributed by atoms with van der Waals surface area (Å²) in [5.41, 5.74) is 2.08. The molecule has 0 spiro atoms. The summed E-state index contributed by atoms with van der Waals surface area (Å²) in [7, 11) is 1.41. The van der Waals surface area contributed by atoms with E-state index in [0.717, 1.165) is 4.90 Å². The molecule has 0 saturated carbocycles. The number of methoxy groups -OCH3 is 1. The lowest BCUT2D eigenvalue weighted by molar-refractivity contribution is -0.131. The molecule has 0 radical (unpaired) electrons. The van der Waals surface area contributed by atoms with Gasteiger partial charge in [-0.05, 0) is 37.1 Å². The van der Waals surface area contributed by atoms with Gasteiger partial charge in [0.05, 0.1) is 31.8 Å². The van der Waals surface area contributed by atoms with Gasteiger partial charge < -0.3 is 19.5 Å². The van der Waals surface area contributed by atoms with Crippen molar-refractivity contribution in [3.8, 4) is 17.0 Å². The summed E-state index contributed by atoms with van der Waals surface area (Å²) in [5.74, 6) is -0.940. The molecule has 9 nitrogen and oxygen atoms in total. The number of anilines is 1. The Hall–Kier alpha value is -3.83. The second kappa shape index (κ2) is 9.32. The number of rotatable bonds is 6. The summed E-state index contributed by atoms with van der Waals surface area (Å²) in [5, 5.41) is 7.32. The van der Waals surface area contributed by atoms with Crippen LogP contribution >= 0.6 is 0 Å². The van der Waals surface area contributed by atoms with Gasteiger partial charge in [-0.1, -0.05) is 0 Å². The van der Waals surface area contributed by atoms with Gasteiger partial charge in [-0.2, -0.15) is 4.98 Å². The van der Waals surface area contributed by atoms with Crippen LogP contribution in [0.3, 0.4) is 0 Å². The Morgan fingerprint density at radius 3 is 2.92 bits per heavy atom. The molecular formula is C24H26F3N7O2. The van der Waals surface area contributed by atoms with Crippen molar-refractivity contribution >= 4 is 28.4 Å². The summed E-state index contributed by atoms with van der Waals surface area (Å²) >= 11 is 0. The number of aryl methyl sites for hydroxylation is 2. The highest BCUT2D eigenvalue weighted by Gasteiger charge is 2.31. The quantitative estimate of drug-likeness (QED) is 0.432. The third kappa shape index (κ3) is 4.10. The lowest BCUT2D eigenvalue weighted by Crippen LogP contribution is -2.49. The maximum Gasteiger partial charge on any atom is 0.244 e. The molecule has 2 atom stereocenters. The SMILES string of the molecule is [2H]C([2H])([2H])C(=O)N1CC[C@H](Nc2nc(OC)c3c(-c4cc(F)c5nc(C)n(CCF)c5c4)ccn3n2)[C@H](F)C1. The standard InChI is InChI=1S/C24H26F3N7O2/c1-13-28-21-17(26)10-15(11-20(21)33(13)9-6-25)16-4-8-34-22(16)23(36-3)30-24(31-34)29-19-5-7-32(14(2)35)12-18(19)27/h4,8,10-11,18-19H,5-7,9,12H2,1-3H3,(H,29,31)/t18-,19+/m1/s1/i2D3. The molecule has 5 rings (SSSR count). The van der Waals surface area contributed by atoms with Gasteiger partial charge in [0.1, 0.15) is 29.7 Å². The molecule has 36 heavy (non-hydrogen) atoms. The molecule has 1 saturated heterocycles. The molecule has 1 aliphatic rings. The average molecular weight is 505 g/mol. The first kappa shape index (κ1) is 20.4. The van der Waals surface area contributed by atoms with E-state index in [4.69, 9.17) is 8.85 Å². The number of imidazole rings is 1. The zero-order valence-corrected chi connectivity index (χ0v) is 19.6. The molecule has 190 valence electrons. The topological polar surface area (TPSA) is 89.6 Å². The minimum absolute atomic E-state index is 0.0437. The highest BCUT2D eigenvalue weighted by atomic mass is 19.1. The third-order valence-electron chi connectivity index (χ3n) is 6.43. The molecule has 4 heterocycles. The van der Waals surface area contributed by atoms with E-state index in [1.54, 1.807) is 29.8 Å². The number of nitrogens with zero attached hydrogens (tertiary/aromatic N) is 6. The van der Waals surface area contributed by atoms with Crippen LogP contribution in [0.2, 0.25) is 0 Å². The first-order valence-corrected chi connectivity index (χ1v) is 11.4. The van der Waals surface area contributed by atoms with Crippen LogP contribution < -0.4 is 10.1 Å². The normalized spacial score (nSPS) is 19.8. The van der Waals surface area contributed by atoms with E-state index in [-0.39, 0.29) is 43.4 Å². The Labute approximate surface area is 209 Å². The zero-order valence-electron chi connectivity index (χ0n) is 22.6. The molecule has 1 aliphatic heterocycles. The number of alkyl halides is 2. The Morgan fingerprint density at radius 1 is 1.36 bits per heavy atom. The Balaban J connectivity index is 1.45. The van der Waals surface area contributed by atoms with Crippen LogP contribution in [0.5, 0.6) is 5.88 Å². The van der Waals surface area contributed by atoms with Crippen molar-refractivity contribution in [2.24, 2.45) is 0 Å². The number of carbonyl (C=O) groups excluding carboxylic acids is 1. The van der Waals surface area contributed by atoms with E-state index in [1.165, 1.54) is 17.7 Å². The van der Waals surface area contributed by atoms with Crippen molar-refractivity contribution in [3.63, 3.8) is 0 Å². The smallest absolute Gasteiger partial charge is 0.244 e. The third-order valence-corrected chi connectivity index (χ3v) is 6.43. The van der Waals surface area contributed by atoms with Crippen molar-refractivity contribution < 1.29 is 26.8 Å². The van der Waals surface area contributed by atoms with E-state index in [1.807, 2.05) is 0 Å². The van der Waals surface area contributed by atoms with Crippen molar-refractivity contribution in [2.75, 3.05) is 32.2 Å². The zero-order chi connectivity index (χ0) is 28.1. The maximum absolute atomic E-state index is 15.0. The predicted octanol–water partition coefficient (Wildman–Crippen LogP) is 3.54. The van der Waals surface area contributed by atoms with E-state index in [2.05, 4.69) is 20.4 Å². The van der Waals surface area contributed by atoms with Crippen LogP contribution in [0.4, 0.5) is 19.1 Å². The summed E-state index contributed by atoms with van der Waals surface area (Å²) in [6.45, 7) is -2.03. The van der Waals surface area contributed by atoms with Gasteiger partial charge in [0.2, 0.25) is 17.7 Å². The van der Waals surface area contributed by atoms with Gasteiger partial charge in [0.15, 0.2) is 5.82 Å². The summed E-state index contributed by atoms with van der Waals surface area (Å²) in [6.07, 6.45) is 0.217. The first-order chi connectivity index (χ1) is 18.5. The van der Waals surface area contributed by atoms with E-state index in [9.17, 15) is 13.6 Å². The fourth-order valence-electron chi connectivity index (χ4n) is 4.67. The number of benzene rings is 1. The predicted molar refractivity (Wildman–Crippen MR) is 128 cm³/mol. The fraction of sp³-hybridized carbons (Fsp3) is 0.417. The number of nitrogens with one attached hydrogen (secondary N) is 1. The van der Waals surface area contributed by atoms with Crippen molar-refractivity contribution in [2.45, 2.75) is 39.0 Å². The fourth-order valence-corrected chi connectivity index (χ4v) is 4.67. The first-order valence-electron chi connectivity index (χ1n) is 12.9. The Bertz CT molecular complexity index is 1560. The molecule has 1 N–H and O–H groups in total. The van der Waals surface area contributed by atoms with Crippen LogP contribution in [0.1, 0.15) is 23.2 Å². The number of piperidine rings is 1. The van der Waals surface area contributed by atoms with Crippen molar-refractivity contribution in [1.29, 1.82) is 0 Å². The second-order valence-electron chi connectivity index (χ2n) is 8.60. The lowest BCUT2D eigenvalue weighted by Gasteiger charge is -2.34. The lowest BCUT2D eigenvalue weighted by atomic mass is 10.0. The minimum Gasteiger partial charge on any atom is -0.479 e. The molecule has 0 unspecified atom stereocenters. The van der Waals surface area contributed by atoms with Crippen molar-refractivity contribution in [3.05, 3.63) is 36.0 Å². The summed E-state index contributed by atoms with van der Waals surface area (Å²) < 4.78 is 73.4. The molecule has 4 aromatic rings. The number of aromatic nitrogens is 5. The Morgan fingerprint density at radius 2 is 2.19 bits per heavy atom. The molecule has 0 bridgehead atoms. The number of carbonyl (C=O) groups is 1. The van der Waals surface area contributed by atoms with E-state index < -0.39 is 37.5 Å². The Kier molecular flexibility index (Phi) is 5.27. The van der Waals surface area contributed by atoms with E-state index >= 15 is 4.39 Å². The summed E-state index contributed by atoms with van der Waals surface area (Å²) in [4.78, 5) is 21.6. The van der Waals surface area contributed by atoms with Gasteiger partial charge >= 0.3 is 0 Å². The minimum atomic E-state index is -2.83. The molecule has 1 fully saturated rings. The van der Waals surface area contributed by atoms with Gasteiger partial charge in [-0.15, -0.1) is 5.10 Å². The van der Waals surface area contributed by atoms with Gasteiger partial charge in [-0.3, -0.25) is 4.79 Å². The van der Waals surface area contributed by atoms with Crippen LogP contribution in [-0.4, -0.2) is 74.0 Å². The number of ether oxygens (including phenoxy) is 1. The average Bonchev–Trinajstić information content (AvgIpc) is 3.45. The largest absolute Gasteiger partial charge is 0.479 e. The number of hydrogen-bond donors (Lipinski definition) is 1. The molecular weight excluding hydrogens is 475 g/mol. The number of amides is 1. The highest BCUT2D eigenvalue weighted by Crippen LogP contribution is 2.34. The van der Waals surface area contributed by atoms with E-state index in [0.29, 0.717) is 28.0 Å². The van der Waals surface area contributed by atoms with Crippen LogP contribution in [0.25, 0.3) is 27.7 Å². The molecule has 1 amide bonds. The number of halogens is 3. The number of likely N-dealkylation sites (tertiary alicyclic amines) is 1. The molecule has 0 aliphatic carbocycles. The van der Waals surface area contributed by atoms with Crippen LogP contribution in [0, 0.1) is 12.7 Å². The number of hydrogen-bond acceptors (Lipinski definition) is 6. The monoisotopic (exact) mass is 504 g/mol. The highest BCUT2D eigenvalue weighted by molar-refractivity contribution is 5.90. The van der Waals surface area contributed by atoms with Crippen LogP contribution in [0.15, 0.2) is 24.4 Å². The summed E-state index contributed by atoms with van der Waals surface area (Å²) in [6, 6.07) is 3.99. The molecule has 3 aromatic heterocycles. The number of fused-ring (bicyclic) bond motifs is 2. The molecule has 1 aromatic carbocycles. The van der Waals surface area contributed by atoms with Crippen molar-refractivity contribution in [1.82, 2.24) is 29.0 Å². The van der Waals surface area contributed by atoms with Crippen LogP contribution in [-0.2, 0) is 11.3 Å². The van der Waals surface area contributed by atoms with Gasteiger partial charge in [0, 0.05) is 29.3 Å². The second-order valence-corrected chi connectivity index (χ2v) is 8.60. The molecule has 12 heteroatoms. The maximum atomic E-state index is 15.0. The van der Waals surface area contributed by atoms with Gasteiger partial charge in [-0.25, -0.2) is 22.7 Å². The van der Waals surface area contributed by atoms with Gasteiger partial charge in [0.25, 0.3) is 0 Å².